The SMILES string of the molecule is CC(C(=O)N(C)C)N1CCCCCC1. The third kappa shape index (κ3) is 2.98. The predicted molar refractivity (Wildman–Crippen MR) is 58.2 cm³/mol. The Morgan fingerprint density at radius 3 is 2.07 bits per heavy atom. The topological polar surface area (TPSA) is 23.6 Å². The number of carbonyl (C=O) groups is 1. The number of likely N-dealkylation sites (N-methyl/N-ethyl adjacent to an activating group) is 1. The van der Waals surface area contributed by atoms with Crippen LogP contribution in [0.15, 0.2) is 0 Å². The van der Waals surface area contributed by atoms with Crippen LogP contribution in [0.3, 0.4) is 0 Å². The average Bonchev–Trinajstić information content (AvgIpc) is 2.43. The van der Waals surface area contributed by atoms with Crippen molar-refractivity contribution < 1.29 is 4.79 Å². The fourth-order valence-electron chi connectivity index (χ4n) is 2.01. The lowest BCUT2D eigenvalue weighted by molar-refractivity contribution is -0.133. The molecule has 0 N–H and O–H groups in total. The van der Waals surface area contributed by atoms with Gasteiger partial charge in [0.2, 0.25) is 5.91 Å². The first kappa shape index (κ1) is 11.5. The van der Waals surface area contributed by atoms with Gasteiger partial charge in [-0.2, -0.15) is 0 Å². The highest BCUT2D eigenvalue weighted by atomic mass is 16.2. The van der Waals surface area contributed by atoms with Crippen molar-refractivity contribution in [2.45, 2.75) is 38.6 Å². The van der Waals surface area contributed by atoms with Gasteiger partial charge in [-0.15, -0.1) is 0 Å². The molecule has 0 aromatic rings. The maximum absolute atomic E-state index is 11.7. The van der Waals surface area contributed by atoms with Crippen LogP contribution in [0.4, 0.5) is 0 Å². The Kier molecular flexibility index (Phi) is 4.39. The Morgan fingerprint density at radius 2 is 1.64 bits per heavy atom. The molecular weight excluding hydrogens is 176 g/mol. The summed E-state index contributed by atoms with van der Waals surface area (Å²) in [4.78, 5) is 15.7. The van der Waals surface area contributed by atoms with Crippen molar-refractivity contribution in [1.29, 1.82) is 0 Å². The van der Waals surface area contributed by atoms with E-state index in [4.69, 9.17) is 0 Å². The first-order valence-corrected chi connectivity index (χ1v) is 5.58. The van der Waals surface area contributed by atoms with E-state index in [0.29, 0.717) is 0 Å². The summed E-state index contributed by atoms with van der Waals surface area (Å²) in [5, 5.41) is 0. The second-order valence-electron chi connectivity index (χ2n) is 4.36. The minimum absolute atomic E-state index is 0.0584. The van der Waals surface area contributed by atoms with Crippen LogP contribution in [-0.2, 0) is 4.79 Å². The van der Waals surface area contributed by atoms with Crippen LogP contribution >= 0.6 is 0 Å². The van der Waals surface area contributed by atoms with Crippen LogP contribution in [-0.4, -0.2) is 48.9 Å². The molecule has 1 rings (SSSR count). The molecule has 0 spiro atoms. The number of likely N-dealkylation sites (tertiary alicyclic amines) is 1. The molecule has 1 amide bonds. The Labute approximate surface area is 87.1 Å². The van der Waals surface area contributed by atoms with Gasteiger partial charge >= 0.3 is 0 Å². The molecule has 0 aromatic carbocycles. The fourth-order valence-corrected chi connectivity index (χ4v) is 2.01. The van der Waals surface area contributed by atoms with Crippen molar-refractivity contribution in [1.82, 2.24) is 9.80 Å². The molecule has 14 heavy (non-hydrogen) atoms. The molecule has 0 radical (unpaired) electrons. The van der Waals surface area contributed by atoms with E-state index in [1.165, 1.54) is 25.7 Å². The zero-order chi connectivity index (χ0) is 10.6. The molecule has 82 valence electrons. The van der Waals surface area contributed by atoms with Crippen molar-refractivity contribution in [2.75, 3.05) is 27.2 Å². The lowest BCUT2D eigenvalue weighted by Crippen LogP contribution is -2.44. The summed E-state index contributed by atoms with van der Waals surface area (Å²) in [5.41, 5.74) is 0. The van der Waals surface area contributed by atoms with Gasteiger partial charge in [-0.05, 0) is 32.9 Å². The summed E-state index contributed by atoms with van der Waals surface area (Å²) in [6.45, 7) is 4.19. The monoisotopic (exact) mass is 198 g/mol. The second kappa shape index (κ2) is 5.35. The van der Waals surface area contributed by atoms with E-state index in [-0.39, 0.29) is 11.9 Å². The molecule has 0 aromatic heterocycles. The highest BCUT2D eigenvalue weighted by molar-refractivity contribution is 5.80. The van der Waals surface area contributed by atoms with Crippen LogP contribution in [0.1, 0.15) is 32.6 Å². The minimum atomic E-state index is 0.0584. The highest BCUT2D eigenvalue weighted by Gasteiger charge is 2.22. The van der Waals surface area contributed by atoms with Gasteiger partial charge in [0, 0.05) is 14.1 Å². The quantitative estimate of drug-likeness (QED) is 0.668. The predicted octanol–water partition coefficient (Wildman–Crippen LogP) is 1.34. The van der Waals surface area contributed by atoms with Gasteiger partial charge in [-0.1, -0.05) is 12.8 Å². The van der Waals surface area contributed by atoms with Crippen LogP contribution in [0.2, 0.25) is 0 Å². The molecule has 0 aliphatic carbocycles. The molecule has 1 fully saturated rings. The second-order valence-corrected chi connectivity index (χ2v) is 4.36. The first-order chi connectivity index (χ1) is 6.63. The molecule has 1 aliphatic rings. The fraction of sp³-hybridized carbons (Fsp3) is 0.909. The summed E-state index contributed by atoms with van der Waals surface area (Å²) in [5.74, 6) is 0.229. The Morgan fingerprint density at radius 1 is 1.14 bits per heavy atom. The van der Waals surface area contributed by atoms with Gasteiger partial charge < -0.3 is 4.90 Å². The zero-order valence-corrected chi connectivity index (χ0v) is 9.62. The van der Waals surface area contributed by atoms with Crippen molar-refractivity contribution >= 4 is 5.91 Å². The zero-order valence-electron chi connectivity index (χ0n) is 9.62. The van der Waals surface area contributed by atoms with Crippen molar-refractivity contribution in [3.63, 3.8) is 0 Å². The Balaban J connectivity index is 2.49. The molecule has 3 nitrogen and oxygen atoms in total. The van der Waals surface area contributed by atoms with Gasteiger partial charge in [0.25, 0.3) is 0 Å². The smallest absolute Gasteiger partial charge is 0.239 e. The van der Waals surface area contributed by atoms with Gasteiger partial charge in [0.1, 0.15) is 0 Å². The van der Waals surface area contributed by atoms with E-state index in [0.717, 1.165) is 13.1 Å². The number of nitrogens with zero attached hydrogens (tertiary/aromatic N) is 2. The number of hydrogen-bond acceptors (Lipinski definition) is 2. The lowest BCUT2D eigenvalue weighted by atomic mass is 10.2. The Hall–Kier alpha value is -0.570. The van der Waals surface area contributed by atoms with E-state index in [9.17, 15) is 4.79 Å². The summed E-state index contributed by atoms with van der Waals surface area (Å²) in [7, 11) is 3.66. The summed E-state index contributed by atoms with van der Waals surface area (Å²) in [6.07, 6.45) is 5.12. The third-order valence-electron chi connectivity index (χ3n) is 2.99. The molecule has 0 saturated carbocycles. The van der Waals surface area contributed by atoms with Crippen LogP contribution in [0.25, 0.3) is 0 Å². The minimum Gasteiger partial charge on any atom is -0.347 e. The standard InChI is InChI=1S/C11H22N2O/c1-10(11(14)12(2)3)13-8-6-4-5-7-9-13/h10H,4-9H2,1-3H3. The molecule has 1 unspecified atom stereocenters. The van der Waals surface area contributed by atoms with Crippen molar-refractivity contribution in [3.05, 3.63) is 0 Å². The maximum atomic E-state index is 11.7. The van der Waals surface area contributed by atoms with Crippen LogP contribution < -0.4 is 0 Å². The normalized spacial score (nSPS) is 21.4. The lowest BCUT2D eigenvalue weighted by Gasteiger charge is -2.28. The first-order valence-electron chi connectivity index (χ1n) is 5.58. The van der Waals surface area contributed by atoms with Crippen molar-refractivity contribution in [3.8, 4) is 0 Å². The molecule has 1 atom stereocenters. The molecule has 1 heterocycles. The van der Waals surface area contributed by atoms with Gasteiger partial charge in [0.05, 0.1) is 6.04 Å². The average molecular weight is 198 g/mol. The van der Waals surface area contributed by atoms with Gasteiger partial charge in [-0.3, -0.25) is 9.69 Å². The van der Waals surface area contributed by atoms with E-state index >= 15 is 0 Å². The number of amides is 1. The number of rotatable bonds is 2. The van der Waals surface area contributed by atoms with E-state index in [2.05, 4.69) is 4.90 Å². The largest absolute Gasteiger partial charge is 0.347 e. The number of carbonyl (C=O) groups excluding carboxylic acids is 1. The molecule has 1 saturated heterocycles. The number of hydrogen-bond donors (Lipinski definition) is 0. The van der Waals surface area contributed by atoms with Crippen LogP contribution in [0.5, 0.6) is 0 Å². The summed E-state index contributed by atoms with van der Waals surface area (Å²) in [6, 6.07) is 0.0584. The van der Waals surface area contributed by atoms with E-state index in [1.54, 1.807) is 4.90 Å². The molecular formula is C11H22N2O. The van der Waals surface area contributed by atoms with E-state index < -0.39 is 0 Å². The van der Waals surface area contributed by atoms with Crippen LogP contribution in [0, 0.1) is 0 Å². The summed E-state index contributed by atoms with van der Waals surface area (Å²) < 4.78 is 0. The maximum Gasteiger partial charge on any atom is 0.239 e. The molecule has 3 heteroatoms. The van der Waals surface area contributed by atoms with Crippen molar-refractivity contribution in [2.24, 2.45) is 0 Å². The van der Waals surface area contributed by atoms with E-state index in [1.807, 2.05) is 21.0 Å². The molecule has 1 aliphatic heterocycles. The van der Waals surface area contributed by atoms with Gasteiger partial charge in [0.15, 0.2) is 0 Å². The molecule has 0 bridgehead atoms. The Bertz CT molecular complexity index is 184. The summed E-state index contributed by atoms with van der Waals surface area (Å²) >= 11 is 0. The highest BCUT2D eigenvalue weighted by Crippen LogP contribution is 2.13. The third-order valence-corrected chi connectivity index (χ3v) is 2.99. The van der Waals surface area contributed by atoms with Gasteiger partial charge in [-0.25, -0.2) is 0 Å².